The van der Waals surface area contributed by atoms with Gasteiger partial charge in [-0.3, -0.25) is 0 Å². The highest BCUT2D eigenvalue weighted by Gasteiger charge is 2.03. The van der Waals surface area contributed by atoms with Crippen LogP contribution in [0.4, 0.5) is 0 Å². The van der Waals surface area contributed by atoms with Crippen molar-refractivity contribution in [3.8, 4) is 0 Å². The first kappa shape index (κ1) is 18.4. The quantitative estimate of drug-likeness (QED) is 0.423. The van der Waals surface area contributed by atoms with Crippen molar-refractivity contribution in [1.29, 1.82) is 0 Å². The van der Waals surface area contributed by atoms with Crippen LogP contribution in [-0.4, -0.2) is 5.78 Å². The molecule has 0 aromatic heterocycles. The van der Waals surface area contributed by atoms with Crippen LogP contribution in [0.1, 0.15) is 86.0 Å². The van der Waals surface area contributed by atoms with E-state index in [1.165, 1.54) is 44.1 Å². The van der Waals surface area contributed by atoms with Crippen molar-refractivity contribution in [2.24, 2.45) is 11.8 Å². The molecule has 0 aliphatic heterocycles. The van der Waals surface area contributed by atoms with Crippen LogP contribution in [0, 0.1) is 11.8 Å². The molecular weight excluding hydrogens is 232 g/mol. The molecule has 0 rings (SSSR count). The van der Waals surface area contributed by atoms with Crippen LogP contribution in [0.5, 0.6) is 0 Å². The normalized spacial score (nSPS) is 13.9. The van der Waals surface area contributed by atoms with Crippen molar-refractivity contribution in [1.82, 2.24) is 0 Å². The zero-order chi connectivity index (χ0) is 14.7. The van der Waals surface area contributed by atoms with Crippen LogP contribution in [0.25, 0.3) is 0 Å². The average molecular weight is 266 g/mol. The second kappa shape index (κ2) is 11.3. The summed E-state index contributed by atoms with van der Waals surface area (Å²) >= 11 is 0. The second-order valence-electron chi connectivity index (χ2n) is 6.61. The summed E-state index contributed by atoms with van der Waals surface area (Å²) in [5.41, 5.74) is 1.45. The van der Waals surface area contributed by atoms with Crippen LogP contribution in [-0.2, 0) is 4.79 Å². The van der Waals surface area contributed by atoms with Crippen molar-refractivity contribution in [3.63, 3.8) is 0 Å². The summed E-state index contributed by atoms with van der Waals surface area (Å²) in [5, 5.41) is 0. The molecule has 1 unspecified atom stereocenters. The zero-order valence-electron chi connectivity index (χ0n) is 13.8. The van der Waals surface area contributed by atoms with Gasteiger partial charge in [0.1, 0.15) is 5.78 Å². The van der Waals surface area contributed by atoms with Gasteiger partial charge in [-0.2, -0.15) is 0 Å². The molecule has 1 atom stereocenters. The number of Topliss-reactive ketones (excluding diaryl/α,β-unsaturated/α-hetero) is 1. The third kappa shape index (κ3) is 13.6. The molecule has 112 valence electrons. The van der Waals surface area contributed by atoms with E-state index in [4.69, 9.17) is 0 Å². The van der Waals surface area contributed by atoms with Crippen molar-refractivity contribution in [2.75, 3.05) is 0 Å². The van der Waals surface area contributed by atoms with E-state index in [2.05, 4.69) is 33.8 Å². The highest BCUT2D eigenvalue weighted by atomic mass is 16.1. The Balaban J connectivity index is 3.57. The number of ketones is 1. The van der Waals surface area contributed by atoms with E-state index in [0.717, 1.165) is 18.3 Å². The molecule has 0 aliphatic rings. The fourth-order valence-electron chi connectivity index (χ4n) is 2.37. The maximum Gasteiger partial charge on any atom is 0.130 e. The zero-order valence-corrected chi connectivity index (χ0v) is 13.8. The van der Waals surface area contributed by atoms with Gasteiger partial charge in [0.05, 0.1) is 0 Å². The van der Waals surface area contributed by atoms with Gasteiger partial charge in [-0.25, -0.2) is 0 Å². The summed E-state index contributed by atoms with van der Waals surface area (Å²) < 4.78 is 0. The number of rotatable bonds is 11. The third-order valence-electron chi connectivity index (χ3n) is 3.74. The number of allylic oxidation sites excluding steroid dienone is 2. The van der Waals surface area contributed by atoms with Crippen LogP contribution in [0.15, 0.2) is 11.6 Å². The fraction of sp³-hybridized carbons (Fsp3) is 0.833. The molecule has 0 aromatic rings. The molecule has 0 spiro atoms. The van der Waals surface area contributed by atoms with E-state index < -0.39 is 0 Å². The number of hydrogen-bond acceptors (Lipinski definition) is 1. The lowest BCUT2D eigenvalue weighted by molar-refractivity contribution is -0.116. The van der Waals surface area contributed by atoms with Gasteiger partial charge in [0.15, 0.2) is 0 Å². The van der Waals surface area contributed by atoms with Crippen LogP contribution in [0.3, 0.4) is 0 Å². The lowest BCUT2D eigenvalue weighted by Gasteiger charge is -2.12. The van der Waals surface area contributed by atoms with Crippen molar-refractivity contribution in [3.05, 3.63) is 11.6 Å². The molecule has 0 radical (unpaired) electrons. The number of hydrogen-bond donors (Lipinski definition) is 0. The van der Waals surface area contributed by atoms with E-state index in [-0.39, 0.29) is 0 Å². The van der Waals surface area contributed by atoms with Crippen molar-refractivity contribution >= 4 is 5.78 Å². The highest BCUT2D eigenvalue weighted by molar-refractivity contribution is 5.75. The van der Waals surface area contributed by atoms with Crippen LogP contribution < -0.4 is 0 Å². The molecule has 0 saturated heterocycles. The number of carbonyl (C=O) groups is 1. The van der Waals surface area contributed by atoms with Gasteiger partial charge in [0.2, 0.25) is 0 Å². The van der Waals surface area contributed by atoms with Gasteiger partial charge in [-0.15, -0.1) is 0 Å². The molecule has 1 heteroatoms. The summed E-state index contributed by atoms with van der Waals surface area (Å²) in [5.74, 6) is 2.00. The molecule has 19 heavy (non-hydrogen) atoms. The van der Waals surface area contributed by atoms with Gasteiger partial charge in [-0.05, 0) is 44.9 Å². The Labute approximate surface area is 120 Å². The van der Waals surface area contributed by atoms with E-state index in [1.54, 1.807) is 6.92 Å². The van der Waals surface area contributed by atoms with Crippen molar-refractivity contribution < 1.29 is 4.79 Å². The molecule has 0 amide bonds. The van der Waals surface area contributed by atoms with E-state index >= 15 is 0 Å². The van der Waals surface area contributed by atoms with E-state index in [1.807, 2.05) is 0 Å². The molecule has 0 aromatic carbocycles. The summed E-state index contributed by atoms with van der Waals surface area (Å²) in [4.78, 5) is 10.8. The Bertz CT molecular complexity index is 263. The molecule has 0 N–H and O–H groups in total. The van der Waals surface area contributed by atoms with Crippen LogP contribution in [0.2, 0.25) is 0 Å². The van der Waals surface area contributed by atoms with E-state index in [9.17, 15) is 4.79 Å². The topological polar surface area (TPSA) is 17.1 Å². The predicted octanol–water partition coefficient (Wildman–Crippen LogP) is 5.93. The van der Waals surface area contributed by atoms with Gasteiger partial charge in [0.25, 0.3) is 0 Å². The van der Waals surface area contributed by atoms with Gasteiger partial charge >= 0.3 is 0 Å². The summed E-state index contributed by atoms with van der Waals surface area (Å²) in [6.07, 6.45) is 11.8. The standard InChI is InChI=1S/C18H34O/c1-15(2)9-6-10-16(3)11-7-12-17(4)13-8-14-18(5)19/h13,15-16H,6-12,14H2,1-5H3. The fourth-order valence-corrected chi connectivity index (χ4v) is 2.37. The third-order valence-corrected chi connectivity index (χ3v) is 3.74. The maximum absolute atomic E-state index is 10.8. The van der Waals surface area contributed by atoms with Gasteiger partial charge < -0.3 is 4.79 Å². The monoisotopic (exact) mass is 266 g/mol. The first-order valence-electron chi connectivity index (χ1n) is 8.06. The second-order valence-corrected chi connectivity index (χ2v) is 6.61. The Hall–Kier alpha value is -0.590. The van der Waals surface area contributed by atoms with Gasteiger partial charge in [-0.1, -0.05) is 58.1 Å². The summed E-state index contributed by atoms with van der Waals surface area (Å²) in [6.45, 7) is 10.9. The summed E-state index contributed by atoms with van der Waals surface area (Å²) in [7, 11) is 0. The molecule has 0 bridgehead atoms. The first-order chi connectivity index (χ1) is 8.91. The largest absolute Gasteiger partial charge is 0.300 e. The highest BCUT2D eigenvalue weighted by Crippen LogP contribution is 2.19. The molecular formula is C18H34O. The lowest BCUT2D eigenvalue weighted by Crippen LogP contribution is -1.97. The molecule has 0 aliphatic carbocycles. The Kier molecular flexibility index (Phi) is 10.9. The molecule has 0 fully saturated rings. The first-order valence-corrected chi connectivity index (χ1v) is 8.06. The van der Waals surface area contributed by atoms with Gasteiger partial charge in [0, 0.05) is 6.42 Å². The van der Waals surface area contributed by atoms with E-state index in [0.29, 0.717) is 12.2 Å². The Morgan fingerprint density at radius 2 is 1.58 bits per heavy atom. The minimum atomic E-state index is 0.294. The van der Waals surface area contributed by atoms with Crippen LogP contribution >= 0.6 is 0 Å². The lowest BCUT2D eigenvalue weighted by atomic mass is 9.94. The minimum Gasteiger partial charge on any atom is -0.300 e. The Morgan fingerprint density at radius 1 is 0.947 bits per heavy atom. The SMILES string of the molecule is CC(=O)CCC=C(C)CCCC(C)CCCC(C)C. The smallest absolute Gasteiger partial charge is 0.130 e. The summed E-state index contributed by atoms with van der Waals surface area (Å²) in [6, 6.07) is 0. The molecule has 0 saturated carbocycles. The predicted molar refractivity (Wildman–Crippen MR) is 85.4 cm³/mol. The maximum atomic E-state index is 10.8. The Morgan fingerprint density at radius 3 is 2.16 bits per heavy atom. The molecule has 0 heterocycles. The average Bonchev–Trinajstić information content (AvgIpc) is 2.27. The van der Waals surface area contributed by atoms with Crippen molar-refractivity contribution in [2.45, 2.75) is 86.0 Å². The minimum absolute atomic E-state index is 0.294. The molecule has 1 nitrogen and oxygen atoms in total. The number of carbonyl (C=O) groups excluding carboxylic acids is 1.